The summed E-state index contributed by atoms with van der Waals surface area (Å²) in [6.45, 7) is 1.48. The number of rotatable bonds is 6. The molecule has 6 rings (SSSR count). The van der Waals surface area contributed by atoms with Crippen LogP contribution in [0.2, 0.25) is 0 Å². The molecule has 192 valence electrons. The van der Waals surface area contributed by atoms with Crippen LogP contribution in [-0.4, -0.2) is 28.9 Å². The number of anilines is 1. The number of halogens is 1. The van der Waals surface area contributed by atoms with Crippen LogP contribution in [-0.2, 0) is 24.4 Å². The van der Waals surface area contributed by atoms with Gasteiger partial charge in [-0.2, -0.15) is 0 Å². The van der Waals surface area contributed by atoms with Crippen molar-refractivity contribution in [2.24, 2.45) is 0 Å². The van der Waals surface area contributed by atoms with E-state index in [0.29, 0.717) is 42.6 Å². The van der Waals surface area contributed by atoms with Crippen molar-refractivity contribution in [2.45, 2.75) is 24.5 Å². The quantitative estimate of drug-likeness (QED) is 0.296. The summed E-state index contributed by atoms with van der Waals surface area (Å²) in [6.07, 6.45) is 0. The topological polar surface area (TPSA) is 72.8 Å². The Morgan fingerprint density at radius 3 is 2.61 bits per heavy atom. The van der Waals surface area contributed by atoms with Crippen molar-refractivity contribution in [3.8, 4) is 11.5 Å². The number of hydrogen-bond donors (Lipinski definition) is 1. The molecule has 1 aromatic heterocycles. The number of fused-ring (bicyclic) bond motifs is 3. The van der Waals surface area contributed by atoms with E-state index in [1.165, 1.54) is 11.8 Å². The smallest absolute Gasteiger partial charge is 0.268 e. The highest BCUT2D eigenvalue weighted by Crippen LogP contribution is 2.33. The molecule has 2 aliphatic rings. The molecule has 2 amide bonds. The van der Waals surface area contributed by atoms with E-state index < -0.39 is 0 Å². The summed E-state index contributed by atoms with van der Waals surface area (Å²) in [6, 6.07) is 25.3. The number of amides is 2. The number of hydrogen-bond acceptors (Lipinski definition) is 5. The molecular formula is C29H24BrN3O4S. The van der Waals surface area contributed by atoms with Crippen molar-refractivity contribution >= 4 is 45.2 Å². The predicted octanol–water partition coefficient (Wildman–Crippen LogP) is 5.60. The lowest BCUT2D eigenvalue weighted by Crippen LogP contribution is -2.32. The van der Waals surface area contributed by atoms with Gasteiger partial charge in [0, 0.05) is 27.3 Å². The van der Waals surface area contributed by atoms with E-state index >= 15 is 0 Å². The molecule has 4 aromatic rings. The number of para-hydroxylation sites is 1. The minimum absolute atomic E-state index is 0.0221. The van der Waals surface area contributed by atoms with Gasteiger partial charge in [0.05, 0.1) is 18.8 Å². The number of ether oxygens (including phenoxy) is 2. The lowest BCUT2D eigenvalue weighted by atomic mass is 10.1. The molecule has 2 aliphatic heterocycles. The minimum Gasteiger partial charge on any atom is -0.454 e. The summed E-state index contributed by atoms with van der Waals surface area (Å²) in [4.78, 5) is 29.5. The SMILES string of the molecule is O=C(NCc1ccc2c(c1)OCO2)c1ccc2n1Cc1ccccc1N(C(=O)CSc1ccc(Br)cc1)C2. The van der Waals surface area contributed by atoms with E-state index in [0.717, 1.165) is 31.9 Å². The fraction of sp³-hybridized carbons (Fsp3) is 0.172. The van der Waals surface area contributed by atoms with Gasteiger partial charge in [-0.15, -0.1) is 11.8 Å². The first kappa shape index (κ1) is 24.6. The van der Waals surface area contributed by atoms with Crippen LogP contribution >= 0.6 is 27.7 Å². The Kier molecular flexibility index (Phi) is 6.86. The number of nitrogens with one attached hydrogen (secondary N) is 1. The zero-order chi connectivity index (χ0) is 26.1. The number of benzene rings is 3. The van der Waals surface area contributed by atoms with Crippen LogP contribution in [0.15, 0.2) is 88.2 Å². The third kappa shape index (κ3) is 5.04. The molecule has 0 unspecified atom stereocenters. The lowest BCUT2D eigenvalue weighted by molar-refractivity contribution is -0.116. The highest BCUT2D eigenvalue weighted by molar-refractivity contribution is 9.10. The number of carbonyl (C=O) groups is 2. The van der Waals surface area contributed by atoms with Crippen LogP contribution in [0, 0.1) is 0 Å². The largest absolute Gasteiger partial charge is 0.454 e. The Labute approximate surface area is 232 Å². The molecule has 0 saturated carbocycles. The molecule has 7 nitrogen and oxygen atoms in total. The third-order valence-electron chi connectivity index (χ3n) is 6.60. The summed E-state index contributed by atoms with van der Waals surface area (Å²) in [5.41, 5.74) is 4.28. The predicted molar refractivity (Wildman–Crippen MR) is 150 cm³/mol. The van der Waals surface area contributed by atoms with Crippen molar-refractivity contribution in [3.63, 3.8) is 0 Å². The summed E-state index contributed by atoms with van der Waals surface area (Å²) < 4.78 is 13.8. The first-order valence-corrected chi connectivity index (χ1v) is 13.9. The van der Waals surface area contributed by atoms with Crippen LogP contribution in [0.4, 0.5) is 5.69 Å². The maximum absolute atomic E-state index is 13.4. The molecule has 9 heteroatoms. The van der Waals surface area contributed by atoms with Crippen molar-refractivity contribution < 1.29 is 19.1 Å². The lowest BCUT2D eigenvalue weighted by Gasteiger charge is -2.22. The maximum atomic E-state index is 13.4. The molecular weight excluding hydrogens is 566 g/mol. The fourth-order valence-electron chi connectivity index (χ4n) is 4.66. The second-order valence-electron chi connectivity index (χ2n) is 9.02. The number of thioether (sulfide) groups is 1. The van der Waals surface area contributed by atoms with Crippen molar-refractivity contribution in [3.05, 3.63) is 106 Å². The standard InChI is InChI=1S/C29H24BrN3O4S/c30-21-6-9-23(10-7-21)38-17-28(34)33-16-22-8-11-25(32(22)15-20-3-1-2-4-24(20)33)29(35)31-14-19-5-12-26-27(13-19)37-18-36-26/h1-13H,14-18H2,(H,31,35). The zero-order valence-electron chi connectivity index (χ0n) is 20.4. The first-order chi connectivity index (χ1) is 18.5. The molecule has 0 atom stereocenters. The van der Waals surface area contributed by atoms with Gasteiger partial charge < -0.3 is 24.3 Å². The van der Waals surface area contributed by atoms with Crippen LogP contribution < -0.4 is 19.7 Å². The zero-order valence-corrected chi connectivity index (χ0v) is 22.8. The van der Waals surface area contributed by atoms with Gasteiger partial charge in [-0.3, -0.25) is 9.59 Å². The summed E-state index contributed by atoms with van der Waals surface area (Å²) in [5, 5.41) is 3.02. The monoisotopic (exact) mass is 589 g/mol. The number of aromatic nitrogens is 1. The van der Waals surface area contributed by atoms with Gasteiger partial charge in [0.1, 0.15) is 5.69 Å². The number of carbonyl (C=O) groups excluding carboxylic acids is 2. The average Bonchev–Trinajstić information content (AvgIpc) is 3.53. The second-order valence-corrected chi connectivity index (χ2v) is 11.0. The van der Waals surface area contributed by atoms with Crippen molar-refractivity contribution in [1.82, 2.24) is 9.88 Å². The molecule has 0 fully saturated rings. The average molecular weight is 590 g/mol. The molecule has 0 aliphatic carbocycles. The van der Waals surface area contributed by atoms with Crippen LogP contribution in [0.25, 0.3) is 0 Å². The van der Waals surface area contributed by atoms with E-state index in [2.05, 4.69) is 21.2 Å². The molecule has 0 bridgehead atoms. The molecule has 1 N–H and O–H groups in total. The Morgan fingerprint density at radius 1 is 0.921 bits per heavy atom. The van der Waals surface area contributed by atoms with Crippen LogP contribution in [0.1, 0.15) is 27.3 Å². The van der Waals surface area contributed by atoms with Crippen LogP contribution in [0.3, 0.4) is 0 Å². The van der Waals surface area contributed by atoms with E-state index in [-0.39, 0.29) is 18.6 Å². The van der Waals surface area contributed by atoms with Gasteiger partial charge in [0.15, 0.2) is 11.5 Å². The Morgan fingerprint density at radius 2 is 1.74 bits per heavy atom. The van der Waals surface area contributed by atoms with E-state index in [1.54, 1.807) is 0 Å². The van der Waals surface area contributed by atoms with Crippen molar-refractivity contribution in [2.75, 3.05) is 17.4 Å². The van der Waals surface area contributed by atoms with Gasteiger partial charge in [-0.05, 0) is 65.7 Å². The van der Waals surface area contributed by atoms with E-state index in [9.17, 15) is 9.59 Å². The van der Waals surface area contributed by atoms with Gasteiger partial charge in [-0.25, -0.2) is 0 Å². The summed E-state index contributed by atoms with van der Waals surface area (Å²) >= 11 is 4.97. The van der Waals surface area contributed by atoms with E-state index in [1.807, 2.05) is 88.3 Å². The Balaban J connectivity index is 1.20. The normalized spacial score (nSPS) is 13.4. The second kappa shape index (κ2) is 10.6. The molecule has 0 saturated heterocycles. The first-order valence-electron chi connectivity index (χ1n) is 12.2. The molecule has 3 heterocycles. The molecule has 0 radical (unpaired) electrons. The van der Waals surface area contributed by atoms with Crippen molar-refractivity contribution in [1.29, 1.82) is 0 Å². The molecule has 3 aromatic carbocycles. The highest BCUT2D eigenvalue weighted by atomic mass is 79.9. The minimum atomic E-state index is -0.169. The van der Waals surface area contributed by atoms with Gasteiger partial charge >= 0.3 is 0 Å². The molecule has 38 heavy (non-hydrogen) atoms. The molecule has 0 spiro atoms. The van der Waals surface area contributed by atoms with Crippen LogP contribution in [0.5, 0.6) is 11.5 Å². The fourth-order valence-corrected chi connectivity index (χ4v) is 5.70. The van der Waals surface area contributed by atoms with E-state index in [4.69, 9.17) is 9.47 Å². The van der Waals surface area contributed by atoms with Gasteiger partial charge in [0.2, 0.25) is 12.7 Å². The Bertz CT molecular complexity index is 1520. The van der Waals surface area contributed by atoms with Gasteiger partial charge in [0.25, 0.3) is 5.91 Å². The van der Waals surface area contributed by atoms with Gasteiger partial charge in [-0.1, -0.05) is 40.2 Å². The highest BCUT2D eigenvalue weighted by Gasteiger charge is 2.26. The summed E-state index contributed by atoms with van der Waals surface area (Å²) in [5.74, 6) is 1.57. The third-order valence-corrected chi connectivity index (χ3v) is 8.13. The Hall–Kier alpha value is -3.69. The number of nitrogens with zero attached hydrogens (tertiary/aromatic N) is 2. The maximum Gasteiger partial charge on any atom is 0.268 e. The summed E-state index contributed by atoms with van der Waals surface area (Å²) in [7, 11) is 0.